The number of anilines is 2. The lowest BCUT2D eigenvalue weighted by atomic mass is 10.2. The van der Waals surface area contributed by atoms with Crippen LogP contribution in [0, 0.1) is 0 Å². The molecule has 2 aromatic carbocycles. The Morgan fingerprint density at radius 2 is 2.03 bits per heavy atom. The molecule has 2 N–H and O–H groups in total. The minimum absolute atomic E-state index is 0.0342. The number of hydrogen-bond donors (Lipinski definition) is 2. The number of carbonyl (C=O) groups excluding carboxylic acids is 1. The van der Waals surface area contributed by atoms with Crippen molar-refractivity contribution >= 4 is 61.5 Å². The Balaban J connectivity index is 1.30. The number of nitrogens with zero attached hydrogens (tertiary/aromatic N) is 4. The van der Waals surface area contributed by atoms with Gasteiger partial charge >= 0.3 is 0 Å². The van der Waals surface area contributed by atoms with Crippen molar-refractivity contribution in [2.24, 2.45) is 0 Å². The molecule has 0 aliphatic carbocycles. The molecule has 0 bridgehead atoms. The topological polar surface area (TPSA) is 84.3 Å². The van der Waals surface area contributed by atoms with Gasteiger partial charge in [0, 0.05) is 48.0 Å². The van der Waals surface area contributed by atoms with E-state index in [0.29, 0.717) is 36.1 Å². The Morgan fingerprint density at radius 3 is 2.86 bits per heavy atom. The van der Waals surface area contributed by atoms with Crippen molar-refractivity contribution in [2.75, 3.05) is 32.5 Å². The number of amides is 1. The molecule has 10 heteroatoms. The van der Waals surface area contributed by atoms with Crippen molar-refractivity contribution in [1.29, 1.82) is 0 Å². The number of nitrogens with one attached hydrogen (secondary N) is 2. The van der Waals surface area contributed by atoms with Crippen LogP contribution in [0.2, 0.25) is 5.02 Å². The number of thiophene rings is 1. The standard InChI is InChI=1S/C27H27ClN6O2S/c1-33(2)12-9-25(35)29-11-14-34-13-8-21-26(34)27(31-17-30-21)32-18-6-7-23(20(28)16-18)36-22-4-3-5-24-19(22)10-15-37-24/h3-8,10,13,15-17H,9,11-12,14H2,1-2H3,(H,29,35)(H,30,31,32). The molecule has 3 aromatic heterocycles. The first kappa shape index (κ1) is 25.0. The Morgan fingerprint density at radius 1 is 1.14 bits per heavy atom. The SMILES string of the molecule is CN(C)CCC(=O)NCCn1ccc2ncnc(Nc3ccc(Oc4cccc5sccc45)c(Cl)c3)c21. The summed E-state index contributed by atoms with van der Waals surface area (Å²) in [4.78, 5) is 22.9. The van der Waals surface area contributed by atoms with E-state index in [-0.39, 0.29) is 5.91 Å². The van der Waals surface area contributed by atoms with Crippen LogP contribution in [0.5, 0.6) is 11.5 Å². The van der Waals surface area contributed by atoms with Gasteiger partial charge in [-0.2, -0.15) is 0 Å². The van der Waals surface area contributed by atoms with Gasteiger partial charge in [0.1, 0.15) is 23.3 Å². The molecule has 5 aromatic rings. The molecule has 0 saturated heterocycles. The van der Waals surface area contributed by atoms with E-state index in [0.717, 1.165) is 39.1 Å². The molecule has 1 amide bonds. The van der Waals surface area contributed by atoms with Crippen LogP contribution < -0.4 is 15.4 Å². The van der Waals surface area contributed by atoms with E-state index in [1.807, 2.05) is 77.6 Å². The fourth-order valence-corrected chi connectivity index (χ4v) is 5.03. The smallest absolute Gasteiger partial charge is 0.221 e. The van der Waals surface area contributed by atoms with E-state index in [1.165, 1.54) is 6.33 Å². The lowest BCUT2D eigenvalue weighted by molar-refractivity contribution is -0.121. The molecule has 190 valence electrons. The van der Waals surface area contributed by atoms with Crippen molar-refractivity contribution in [3.63, 3.8) is 0 Å². The maximum Gasteiger partial charge on any atom is 0.221 e. The fraction of sp³-hybridized carbons (Fsp3) is 0.222. The van der Waals surface area contributed by atoms with Gasteiger partial charge in [-0.05, 0) is 61.9 Å². The predicted octanol–water partition coefficient (Wildman–Crippen LogP) is 5.90. The summed E-state index contributed by atoms with van der Waals surface area (Å²) in [6.07, 6.45) is 3.95. The van der Waals surface area contributed by atoms with Crippen molar-refractivity contribution in [1.82, 2.24) is 24.8 Å². The molecule has 0 aliphatic rings. The molecule has 37 heavy (non-hydrogen) atoms. The molecule has 0 fully saturated rings. The molecule has 0 unspecified atom stereocenters. The van der Waals surface area contributed by atoms with E-state index in [2.05, 4.69) is 26.7 Å². The van der Waals surface area contributed by atoms with Crippen molar-refractivity contribution in [3.8, 4) is 11.5 Å². The molecule has 0 spiro atoms. The Hall–Kier alpha value is -3.66. The second kappa shape index (κ2) is 11.2. The summed E-state index contributed by atoms with van der Waals surface area (Å²) in [7, 11) is 3.90. The summed E-state index contributed by atoms with van der Waals surface area (Å²) in [5.74, 6) is 2.03. The number of rotatable bonds is 10. The van der Waals surface area contributed by atoms with Gasteiger partial charge in [-0.1, -0.05) is 17.7 Å². The normalized spacial score (nSPS) is 11.4. The zero-order valence-electron chi connectivity index (χ0n) is 20.6. The van der Waals surface area contributed by atoms with E-state index in [9.17, 15) is 4.79 Å². The Labute approximate surface area is 223 Å². The highest BCUT2D eigenvalue weighted by Gasteiger charge is 2.13. The number of hydrogen-bond acceptors (Lipinski definition) is 7. The first-order valence-electron chi connectivity index (χ1n) is 11.9. The highest BCUT2D eigenvalue weighted by molar-refractivity contribution is 7.17. The summed E-state index contributed by atoms with van der Waals surface area (Å²) < 4.78 is 9.33. The number of carbonyl (C=O) groups is 1. The lowest BCUT2D eigenvalue weighted by Gasteiger charge is -2.13. The molecule has 8 nitrogen and oxygen atoms in total. The van der Waals surface area contributed by atoms with Crippen LogP contribution >= 0.6 is 22.9 Å². The van der Waals surface area contributed by atoms with Crippen molar-refractivity contribution < 1.29 is 9.53 Å². The molecule has 0 radical (unpaired) electrons. The molecule has 0 saturated carbocycles. The van der Waals surface area contributed by atoms with Crippen molar-refractivity contribution in [3.05, 3.63) is 71.5 Å². The zero-order valence-corrected chi connectivity index (χ0v) is 22.1. The second-order valence-electron chi connectivity index (χ2n) is 8.83. The largest absolute Gasteiger partial charge is 0.455 e. The minimum Gasteiger partial charge on any atom is -0.455 e. The van der Waals surface area contributed by atoms with Gasteiger partial charge < -0.3 is 24.8 Å². The van der Waals surface area contributed by atoms with E-state index in [4.69, 9.17) is 16.3 Å². The third-order valence-corrected chi connectivity index (χ3v) is 7.06. The molecule has 3 heterocycles. The van der Waals surface area contributed by atoms with Gasteiger partial charge in [0.2, 0.25) is 5.91 Å². The van der Waals surface area contributed by atoms with Crippen LogP contribution in [0.1, 0.15) is 6.42 Å². The summed E-state index contributed by atoms with van der Waals surface area (Å²) in [6, 6.07) is 15.5. The van der Waals surface area contributed by atoms with E-state index < -0.39 is 0 Å². The average molecular weight is 535 g/mol. The van der Waals surface area contributed by atoms with Crippen LogP contribution in [-0.2, 0) is 11.3 Å². The van der Waals surface area contributed by atoms with Crippen LogP contribution in [0.4, 0.5) is 11.5 Å². The lowest BCUT2D eigenvalue weighted by Crippen LogP contribution is -2.29. The maximum absolute atomic E-state index is 12.1. The second-order valence-corrected chi connectivity index (χ2v) is 10.2. The third kappa shape index (κ3) is 5.85. The van der Waals surface area contributed by atoms with Crippen LogP contribution in [0.25, 0.3) is 21.1 Å². The number of halogens is 1. The monoisotopic (exact) mass is 534 g/mol. The van der Waals surface area contributed by atoms with Gasteiger partial charge in [-0.25, -0.2) is 9.97 Å². The quantitative estimate of drug-likeness (QED) is 0.232. The van der Waals surface area contributed by atoms with Crippen LogP contribution in [0.15, 0.2) is 66.4 Å². The summed E-state index contributed by atoms with van der Waals surface area (Å²) in [6.45, 7) is 1.83. The van der Waals surface area contributed by atoms with E-state index in [1.54, 1.807) is 11.3 Å². The highest BCUT2D eigenvalue weighted by atomic mass is 35.5. The molecular formula is C27H27ClN6O2S. The van der Waals surface area contributed by atoms with Crippen molar-refractivity contribution in [2.45, 2.75) is 13.0 Å². The zero-order chi connectivity index (χ0) is 25.8. The first-order chi connectivity index (χ1) is 18.0. The van der Waals surface area contributed by atoms with Gasteiger partial charge in [-0.3, -0.25) is 4.79 Å². The minimum atomic E-state index is 0.0342. The van der Waals surface area contributed by atoms with E-state index >= 15 is 0 Å². The number of aromatic nitrogens is 3. The van der Waals surface area contributed by atoms with Crippen LogP contribution in [-0.4, -0.2) is 52.5 Å². The fourth-order valence-electron chi connectivity index (χ4n) is 4.01. The van der Waals surface area contributed by atoms with Gasteiger partial charge in [0.25, 0.3) is 0 Å². The van der Waals surface area contributed by atoms with Crippen LogP contribution in [0.3, 0.4) is 0 Å². The number of benzene rings is 2. The molecule has 5 rings (SSSR count). The average Bonchev–Trinajstić information content (AvgIpc) is 3.53. The Kier molecular flexibility index (Phi) is 7.55. The van der Waals surface area contributed by atoms with Gasteiger partial charge in [-0.15, -0.1) is 11.3 Å². The third-order valence-electron chi connectivity index (χ3n) is 5.88. The van der Waals surface area contributed by atoms with Gasteiger partial charge in [0.15, 0.2) is 5.82 Å². The summed E-state index contributed by atoms with van der Waals surface area (Å²) in [5, 5.41) is 9.92. The Bertz CT molecular complexity index is 1550. The summed E-state index contributed by atoms with van der Waals surface area (Å²) >= 11 is 8.27. The highest BCUT2D eigenvalue weighted by Crippen LogP contribution is 2.37. The maximum atomic E-state index is 12.1. The summed E-state index contributed by atoms with van der Waals surface area (Å²) in [5.41, 5.74) is 2.44. The number of fused-ring (bicyclic) bond motifs is 2. The number of ether oxygens (including phenoxy) is 1. The predicted molar refractivity (Wildman–Crippen MR) is 150 cm³/mol. The first-order valence-corrected chi connectivity index (χ1v) is 13.2. The molecular weight excluding hydrogens is 508 g/mol. The molecule has 0 aliphatic heterocycles. The molecule has 0 atom stereocenters. The van der Waals surface area contributed by atoms with Gasteiger partial charge in [0.05, 0.1) is 10.5 Å².